The zero-order valence-electron chi connectivity index (χ0n) is 12.2. The number of aryl methyl sites for hydroxylation is 1. The van der Waals surface area contributed by atoms with Gasteiger partial charge in [0.05, 0.1) is 12.2 Å². The molecule has 0 spiro atoms. The van der Waals surface area contributed by atoms with Crippen molar-refractivity contribution in [1.82, 2.24) is 25.1 Å². The van der Waals surface area contributed by atoms with Crippen molar-refractivity contribution < 1.29 is 9.53 Å². The number of aromatic nitrogens is 4. The van der Waals surface area contributed by atoms with E-state index in [1.165, 1.54) is 6.20 Å². The highest BCUT2D eigenvalue weighted by Gasteiger charge is 2.26. The van der Waals surface area contributed by atoms with Crippen LogP contribution < -0.4 is 10.4 Å². The van der Waals surface area contributed by atoms with Gasteiger partial charge in [-0.3, -0.25) is 4.79 Å². The second-order valence-electron chi connectivity index (χ2n) is 5.30. The molecule has 1 amide bonds. The molecular weight excluding hydrogens is 286 g/mol. The van der Waals surface area contributed by atoms with E-state index in [4.69, 9.17) is 4.74 Å². The summed E-state index contributed by atoms with van der Waals surface area (Å²) < 4.78 is 5.78. The molecule has 0 bridgehead atoms. The molecule has 1 fully saturated rings. The molecule has 0 aliphatic carbocycles. The SMILES string of the molecule is Cc1ccc(O[C@@H]2CCCN(C(=O)c3c[nH]c(=O)[nH]3)C2)nn1. The van der Waals surface area contributed by atoms with Crippen LogP contribution in [0.3, 0.4) is 0 Å². The molecule has 22 heavy (non-hydrogen) atoms. The summed E-state index contributed by atoms with van der Waals surface area (Å²) in [6.07, 6.45) is 2.95. The molecule has 0 radical (unpaired) electrons. The van der Waals surface area contributed by atoms with Crippen molar-refractivity contribution in [2.75, 3.05) is 13.1 Å². The number of carbonyl (C=O) groups excluding carboxylic acids is 1. The summed E-state index contributed by atoms with van der Waals surface area (Å²) in [6, 6.07) is 3.60. The standard InChI is InChI=1S/C14H17N5O3/c1-9-4-5-12(18-17-9)22-10-3-2-6-19(8-10)13(20)11-7-15-14(21)16-11/h4-5,7,10H,2-3,6,8H2,1H3,(H2,15,16,21)/t10-/m1/s1. The molecule has 2 N–H and O–H groups in total. The Balaban J connectivity index is 1.65. The molecule has 0 saturated carbocycles. The van der Waals surface area contributed by atoms with Gasteiger partial charge in [-0.25, -0.2) is 4.79 Å². The van der Waals surface area contributed by atoms with Gasteiger partial charge in [0.15, 0.2) is 0 Å². The van der Waals surface area contributed by atoms with Crippen LogP contribution in [0.15, 0.2) is 23.1 Å². The molecule has 2 aromatic heterocycles. The third-order valence-electron chi connectivity index (χ3n) is 3.55. The van der Waals surface area contributed by atoms with Gasteiger partial charge >= 0.3 is 5.69 Å². The first-order valence-electron chi connectivity index (χ1n) is 7.16. The Morgan fingerprint density at radius 1 is 1.41 bits per heavy atom. The largest absolute Gasteiger partial charge is 0.471 e. The van der Waals surface area contributed by atoms with Crippen LogP contribution in [0, 0.1) is 6.92 Å². The maximum atomic E-state index is 12.3. The monoisotopic (exact) mass is 303 g/mol. The van der Waals surface area contributed by atoms with Gasteiger partial charge in [0.2, 0.25) is 5.88 Å². The predicted molar refractivity (Wildman–Crippen MR) is 77.7 cm³/mol. The van der Waals surface area contributed by atoms with Crippen LogP contribution in [-0.4, -0.2) is 50.2 Å². The predicted octanol–water partition coefficient (Wildman–Crippen LogP) is 0.485. The van der Waals surface area contributed by atoms with Crippen LogP contribution in [0.2, 0.25) is 0 Å². The lowest BCUT2D eigenvalue weighted by Crippen LogP contribution is -2.44. The van der Waals surface area contributed by atoms with Gasteiger partial charge in [-0.1, -0.05) is 0 Å². The summed E-state index contributed by atoms with van der Waals surface area (Å²) in [4.78, 5) is 30.0. The molecule has 3 rings (SSSR count). The molecule has 3 heterocycles. The molecule has 1 saturated heterocycles. The quantitative estimate of drug-likeness (QED) is 0.858. The van der Waals surface area contributed by atoms with Gasteiger partial charge in [0.1, 0.15) is 11.8 Å². The summed E-state index contributed by atoms with van der Waals surface area (Å²) >= 11 is 0. The number of piperidine rings is 1. The minimum absolute atomic E-state index is 0.125. The highest BCUT2D eigenvalue weighted by Crippen LogP contribution is 2.17. The molecule has 0 unspecified atom stereocenters. The molecule has 2 aromatic rings. The summed E-state index contributed by atoms with van der Waals surface area (Å²) in [5.41, 5.74) is 0.702. The Morgan fingerprint density at radius 3 is 2.95 bits per heavy atom. The van der Waals surface area contributed by atoms with Crippen molar-refractivity contribution in [3.8, 4) is 5.88 Å². The van der Waals surface area contributed by atoms with E-state index in [-0.39, 0.29) is 23.4 Å². The van der Waals surface area contributed by atoms with Gasteiger partial charge in [-0.15, -0.1) is 5.10 Å². The molecule has 1 aliphatic rings. The second kappa shape index (κ2) is 6.00. The maximum Gasteiger partial charge on any atom is 0.323 e. The number of H-pyrrole nitrogens is 2. The Morgan fingerprint density at radius 2 is 2.27 bits per heavy atom. The third kappa shape index (κ3) is 3.16. The number of ether oxygens (including phenoxy) is 1. The van der Waals surface area contributed by atoms with E-state index in [2.05, 4.69) is 20.2 Å². The first-order chi connectivity index (χ1) is 10.6. The van der Waals surface area contributed by atoms with Crippen LogP contribution >= 0.6 is 0 Å². The summed E-state index contributed by atoms with van der Waals surface area (Å²) in [7, 11) is 0. The van der Waals surface area contributed by atoms with Crippen molar-refractivity contribution in [1.29, 1.82) is 0 Å². The van der Waals surface area contributed by atoms with Crippen molar-refractivity contribution in [2.45, 2.75) is 25.9 Å². The van der Waals surface area contributed by atoms with Crippen LogP contribution in [-0.2, 0) is 0 Å². The first-order valence-corrected chi connectivity index (χ1v) is 7.16. The number of likely N-dealkylation sites (tertiary alicyclic amines) is 1. The summed E-state index contributed by atoms with van der Waals surface area (Å²) in [5.74, 6) is 0.251. The smallest absolute Gasteiger partial charge is 0.323 e. The fourth-order valence-corrected chi connectivity index (χ4v) is 2.46. The average molecular weight is 303 g/mol. The van der Waals surface area contributed by atoms with Gasteiger partial charge in [-0.2, -0.15) is 5.10 Å². The van der Waals surface area contributed by atoms with Gasteiger partial charge < -0.3 is 19.6 Å². The summed E-state index contributed by atoms with van der Waals surface area (Å²) in [6.45, 7) is 2.96. The third-order valence-corrected chi connectivity index (χ3v) is 3.55. The molecule has 8 nitrogen and oxygen atoms in total. The highest BCUT2D eigenvalue weighted by atomic mass is 16.5. The Kier molecular flexibility index (Phi) is 3.90. The number of carbonyl (C=O) groups is 1. The fourth-order valence-electron chi connectivity index (χ4n) is 2.46. The number of nitrogens with zero attached hydrogens (tertiary/aromatic N) is 3. The number of amides is 1. The van der Waals surface area contributed by atoms with E-state index in [0.717, 1.165) is 18.5 Å². The van der Waals surface area contributed by atoms with Crippen molar-refractivity contribution in [3.05, 3.63) is 40.2 Å². The Hall–Kier alpha value is -2.64. The van der Waals surface area contributed by atoms with Gasteiger partial charge in [-0.05, 0) is 25.8 Å². The van der Waals surface area contributed by atoms with Crippen LogP contribution in [0.1, 0.15) is 29.0 Å². The van der Waals surface area contributed by atoms with Crippen molar-refractivity contribution >= 4 is 5.91 Å². The van der Waals surface area contributed by atoms with Gasteiger partial charge in [0.25, 0.3) is 5.91 Å². The topological polar surface area (TPSA) is 104 Å². The number of hydrogen-bond acceptors (Lipinski definition) is 5. The molecule has 116 valence electrons. The normalized spacial score (nSPS) is 18.2. The van der Waals surface area contributed by atoms with E-state index in [0.29, 0.717) is 19.0 Å². The number of aromatic amines is 2. The Bertz CT molecular complexity index is 706. The minimum Gasteiger partial charge on any atom is -0.471 e. The highest BCUT2D eigenvalue weighted by molar-refractivity contribution is 5.92. The van der Waals surface area contributed by atoms with E-state index in [1.54, 1.807) is 11.0 Å². The first kappa shape index (κ1) is 14.3. The van der Waals surface area contributed by atoms with Crippen LogP contribution in [0.25, 0.3) is 0 Å². The van der Waals surface area contributed by atoms with Crippen LogP contribution in [0.4, 0.5) is 0 Å². The van der Waals surface area contributed by atoms with Crippen molar-refractivity contribution in [2.24, 2.45) is 0 Å². The van der Waals surface area contributed by atoms with E-state index >= 15 is 0 Å². The number of hydrogen-bond donors (Lipinski definition) is 2. The lowest BCUT2D eigenvalue weighted by atomic mass is 10.1. The summed E-state index contributed by atoms with van der Waals surface area (Å²) in [5, 5.41) is 7.93. The van der Waals surface area contributed by atoms with E-state index in [9.17, 15) is 9.59 Å². The second-order valence-corrected chi connectivity index (χ2v) is 5.30. The van der Waals surface area contributed by atoms with Gasteiger partial charge in [0, 0.05) is 18.8 Å². The fraction of sp³-hybridized carbons (Fsp3) is 0.429. The molecule has 1 aliphatic heterocycles. The van der Waals surface area contributed by atoms with E-state index < -0.39 is 0 Å². The number of imidazole rings is 1. The lowest BCUT2D eigenvalue weighted by molar-refractivity contribution is 0.0520. The number of nitrogens with one attached hydrogen (secondary N) is 2. The maximum absolute atomic E-state index is 12.3. The lowest BCUT2D eigenvalue weighted by Gasteiger charge is -2.32. The van der Waals surface area contributed by atoms with Crippen molar-refractivity contribution in [3.63, 3.8) is 0 Å². The number of rotatable bonds is 3. The molecular formula is C14H17N5O3. The average Bonchev–Trinajstić information content (AvgIpc) is 2.96. The zero-order valence-corrected chi connectivity index (χ0v) is 12.2. The minimum atomic E-state index is -0.386. The van der Waals surface area contributed by atoms with E-state index in [1.807, 2.05) is 13.0 Å². The zero-order chi connectivity index (χ0) is 15.5. The van der Waals surface area contributed by atoms with Crippen LogP contribution in [0.5, 0.6) is 5.88 Å². The molecule has 1 atom stereocenters. The Labute approximate surface area is 126 Å². The molecule has 0 aromatic carbocycles. The molecule has 8 heteroatoms.